The molecule has 0 saturated heterocycles. The van der Waals surface area contributed by atoms with E-state index in [0.29, 0.717) is 12.5 Å². The highest BCUT2D eigenvalue weighted by molar-refractivity contribution is 5.37. The van der Waals surface area contributed by atoms with Gasteiger partial charge in [0.25, 0.3) is 0 Å². The van der Waals surface area contributed by atoms with Crippen molar-refractivity contribution in [3.05, 3.63) is 29.8 Å². The zero-order chi connectivity index (χ0) is 11.9. The molecule has 0 saturated carbocycles. The fraction of sp³-hybridized carbons (Fsp3) is 0.571. The standard InChI is InChI=1S/C14H21NO2/c16-9-4-3-8-15-11-12-7-10-17-14-6-2-1-5-13(12)14/h1-2,5-6,12,15-16H,3-4,7-11H2. The lowest BCUT2D eigenvalue weighted by atomic mass is 9.93. The first-order valence-corrected chi connectivity index (χ1v) is 6.45. The molecule has 0 aromatic heterocycles. The highest BCUT2D eigenvalue weighted by Gasteiger charge is 2.20. The summed E-state index contributed by atoms with van der Waals surface area (Å²) in [6.45, 7) is 3.10. The number of benzene rings is 1. The summed E-state index contributed by atoms with van der Waals surface area (Å²) in [6, 6.07) is 8.31. The third-order valence-corrected chi connectivity index (χ3v) is 3.24. The zero-order valence-electron chi connectivity index (χ0n) is 10.2. The summed E-state index contributed by atoms with van der Waals surface area (Å²) in [5.74, 6) is 1.61. The van der Waals surface area contributed by atoms with Crippen molar-refractivity contribution in [3.8, 4) is 5.75 Å². The maximum atomic E-state index is 8.70. The number of ether oxygens (including phenoxy) is 1. The van der Waals surface area contributed by atoms with Crippen molar-refractivity contribution in [1.82, 2.24) is 5.32 Å². The van der Waals surface area contributed by atoms with Crippen LogP contribution in [0.2, 0.25) is 0 Å². The molecule has 94 valence electrons. The molecule has 17 heavy (non-hydrogen) atoms. The predicted molar refractivity (Wildman–Crippen MR) is 68.5 cm³/mol. The van der Waals surface area contributed by atoms with E-state index in [9.17, 15) is 0 Å². The molecule has 1 heterocycles. The maximum absolute atomic E-state index is 8.70. The number of aliphatic hydroxyl groups excluding tert-OH is 1. The van der Waals surface area contributed by atoms with Crippen molar-refractivity contribution in [1.29, 1.82) is 0 Å². The molecule has 0 spiro atoms. The van der Waals surface area contributed by atoms with Crippen LogP contribution in [0.1, 0.15) is 30.7 Å². The van der Waals surface area contributed by atoms with Gasteiger partial charge in [-0.05, 0) is 37.4 Å². The Morgan fingerprint density at radius 3 is 3.06 bits per heavy atom. The first kappa shape index (κ1) is 12.4. The average molecular weight is 235 g/mol. The van der Waals surface area contributed by atoms with Crippen LogP contribution in [0.15, 0.2) is 24.3 Å². The van der Waals surface area contributed by atoms with Crippen LogP contribution in [-0.2, 0) is 0 Å². The Kier molecular flexibility index (Phi) is 4.83. The van der Waals surface area contributed by atoms with E-state index in [1.807, 2.05) is 12.1 Å². The van der Waals surface area contributed by atoms with E-state index < -0.39 is 0 Å². The quantitative estimate of drug-likeness (QED) is 0.740. The Hall–Kier alpha value is -1.06. The van der Waals surface area contributed by atoms with Crippen LogP contribution in [0, 0.1) is 0 Å². The van der Waals surface area contributed by atoms with Crippen molar-refractivity contribution in [2.75, 3.05) is 26.3 Å². The lowest BCUT2D eigenvalue weighted by Crippen LogP contribution is -2.26. The van der Waals surface area contributed by atoms with Gasteiger partial charge in [0.15, 0.2) is 0 Å². The van der Waals surface area contributed by atoms with Crippen molar-refractivity contribution < 1.29 is 9.84 Å². The van der Waals surface area contributed by atoms with E-state index in [4.69, 9.17) is 9.84 Å². The van der Waals surface area contributed by atoms with Gasteiger partial charge >= 0.3 is 0 Å². The normalized spacial score (nSPS) is 18.5. The molecule has 1 aromatic rings. The summed E-state index contributed by atoms with van der Waals surface area (Å²) in [5.41, 5.74) is 1.33. The largest absolute Gasteiger partial charge is 0.493 e. The number of rotatable bonds is 6. The van der Waals surface area contributed by atoms with Crippen LogP contribution in [0.4, 0.5) is 0 Å². The summed E-state index contributed by atoms with van der Waals surface area (Å²) in [4.78, 5) is 0. The molecule has 2 rings (SSSR count). The predicted octanol–water partition coefficient (Wildman–Crippen LogP) is 1.91. The molecule has 1 aliphatic heterocycles. The molecule has 3 heteroatoms. The van der Waals surface area contributed by atoms with E-state index in [1.165, 1.54) is 5.56 Å². The molecule has 1 atom stereocenters. The van der Waals surface area contributed by atoms with E-state index in [2.05, 4.69) is 17.4 Å². The SMILES string of the molecule is OCCCCNCC1CCOc2ccccc21. The highest BCUT2D eigenvalue weighted by atomic mass is 16.5. The van der Waals surface area contributed by atoms with E-state index in [-0.39, 0.29) is 0 Å². The number of aliphatic hydroxyl groups is 1. The first-order chi connectivity index (χ1) is 8.42. The van der Waals surface area contributed by atoms with Crippen molar-refractivity contribution in [3.63, 3.8) is 0 Å². The van der Waals surface area contributed by atoms with Gasteiger partial charge in [-0.25, -0.2) is 0 Å². The number of fused-ring (bicyclic) bond motifs is 1. The summed E-state index contributed by atoms with van der Waals surface area (Å²) < 4.78 is 5.64. The fourth-order valence-electron chi connectivity index (χ4n) is 2.27. The summed E-state index contributed by atoms with van der Waals surface area (Å²) in [5, 5.41) is 12.2. The number of unbranched alkanes of at least 4 members (excludes halogenated alkanes) is 1. The molecular weight excluding hydrogens is 214 g/mol. The van der Waals surface area contributed by atoms with Gasteiger partial charge in [-0.3, -0.25) is 0 Å². The number of nitrogens with one attached hydrogen (secondary N) is 1. The monoisotopic (exact) mass is 235 g/mol. The van der Waals surface area contributed by atoms with Crippen molar-refractivity contribution in [2.45, 2.75) is 25.2 Å². The first-order valence-electron chi connectivity index (χ1n) is 6.45. The Bertz CT molecular complexity index is 341. The fourth-order valence-corrected chi connectivity index (χ4v) is 2.27. The minimum absolute atomic E-state index is 0.293. The van der Waals surface area contributed by atoms with Gasteiger partial charge in [0.2, 0.25) is 0 Å². The molecular formula is C14H21NO2. The maximum Gasteiger partial charge on any atom is 0.122 e. The zero-order valence-corrected chi connectivity index (χ0v) is 10.2. The van der Waals surface area contributed by atoms with Gasteiger partial charge in [-0.15, -0.1) is 0 Å². The van der Waals surface area contributed by atoms with Gasteiger partial charge in [-0.1, -0.05) is 18.2 Å². The Morgan fingerprint density at radius 1 is 1.29 bits per heavy atom. The van der Waals surface area contributed by atoms with Gasteiger partial charge in [-0.2, -0.15) is 0 Å². The van der Waals surface area contributed by atoms with E-state index >= 15 is 0 Å². The number of hydrogen-bond donors (Lipinski definition) is 2. The van der Waals surface area contributed by atoms with Crippen molar-refractivity contribution in [2.24, 2.45) is 0 Å². The van der Waals surface area contributed by atoms with Crippen LogP contribution < -0.4 is 10.1 Å². The second kappa shape index (κ2) is 6.62. The second-order valence-electron chi connectivity index (χ2n) is 4.51. The molecule has 0 amide bonds. The minimum atomic E-state index is 0.293. The molecule has 2 N–H and O–H groups in total. The van der Waals surface area contributed by atoms with E-state index in [1.54, 1.807) is 0 Å². The molecule has 1 aliphatic rings. The van der Waals surface area contributed by atoms with Crippen LogP contribution in [0.5, 0.6) is 5.75 Å². The Balaban J connectivity index is 1.82. The van der Waals surface area contributed by atoms with Crippen LogP contribution in [-0.4, -0.2) is 31.4 Å². The molecule has 1 aromatic carbocycles. The number of para-hydroxylation sites is 1. The topological polar surface area (TPSA) is 41.5 Å². The molecule has 1 unspecified atom stereocenters. The van der Waals surface area contributed by atoms with E-state index in [0.717, 1.165) is 44.7 Å². The molecule has 0 aliphatic carbocycles. The van der Waals surface area contributed by atoms with Crippen LogP contribution in [0.25, 0.3) is 0 Å². The summed E-state index contributed by atoms with van der Waals surface area (Å²) in [7, 11) is 0. The highest BCUT2D eigenvalue weighted by Crippen LogP contribution is 2.32. The second-order valence-corrected chi connectivity index (χ2v) is 4.51. The number of hydrogen-bond acceptors (Lipinski definition) is 3. The lowest BCUT2D eigenvalue weighted by molar-refractivity contribution is 0.263. The Labute approximate surface area is 103 Å². The van der Waals surface area contributed by atoms with Gasteiger partial charge in [0.05, 0.1) is 6.61 Å². The Morgan fingerprint density at radius 2 is 2.18 bits per heavy atom. The van der Waals surface area contributed by atoms with Gasteiger partial charge in [0, 0.05) is 19.1 Å². The average Bonchev–Trinajstić information content (AvgIpc) is 2.39. The van der Waals surface area contributed by atoms with Gasteiger partial charge < -0.3 is 15.2 Å². The van der Waals surface area contributed by atoms with Crippen LogP contribution >= 0.6 is 0 Å². The lowest BCUT2D eigenvalue weighted by Gasteiger charge is -2.26. The molecule has 0 bridgehead atoms. The summed E-state index contributed by atoms with van der Waals surface area (Å²) >= 11 is 0. The molecule has 0 radical (unpaired) electrons. The third-order valence-electron chi connectivity index (χ3n) is 3.24. The minimum Gasteiger partial charge on any atom is -0.493 e. The smallest absolute Gasteiger partial charge is 0.122 e. The van der Waals surface area contributed by atoms with Crippen molar-refractivity contribution >= 4 is 0 Å². The molecule has 0 fully saturated rings. The third kappa shape index (κ3) is 3.45. The van der Waals surface area contributed by atoms with Gasteiger partial charge in [0.1, 0.15) is 5.75 Å². The van der Waals surface area contributed by atoms with Crippen LogP contribution in [0.3, 0.4) is 0 Å². The summed E-state index contributed by atoms with van der Waals surface area (Å²) in [6.07, 6.45) is 3.02. The molecule has 3 nitrogen and oxygen atoms in total.